The number of ether oxygens (including phenoxy) is 1. The van der Waals surface area contributed by atoms with Gasteiger partial charge in [-0.2, -0.15) is 0 Å². The molecular formula is C22H23N3O2S. The lowest BCUT2D eigenvalue weighted by Gasteiger charge is -2.30. The number of hydrogen-bond donors (Lipinski definition) is 0. The number of aromatic nitrogens is 1. The Bertz CT molecular complexity index is 969. The van der Waals surface area contributed by atoms with Crippen LogP contribution < -0.4 is 9.64 Å². The Morgan fingerprint density at radius 1 is 1.18 bits per heavy atom. The molecule has 5 nitrogen and oxygen atoms in total. The zero-order valence-electron chi connectivity index (χ0n) is 16.1. The lowest BCUT2D eigenvalue weighted by atomic mass is 10.1. The Kier molecular flexibility index (Phi) is 5.41. The van der Waals surface area contributed by atoms with Crippen LogP contribution in [0.15, 0.2) is 53.9 Å². The fourth-order valence-corrected chi connectivity index (χ4v) is 4.04. The van der Waals surface area contributed by atoms with E-state index in [1.807, 2.05) is 55.4 Å². The summed E-state index contributed by atoms with van der Waals surface area (Å²) in [4.78, 5) is 21.1. The summed E-state index contributed by atoms with van der Waals surface area (Å²) >= 11 is 1.66. The quantitative estimate of drug-likeness (QED) is 0.641. The van der Waals surface area contributed by atoms with Crippen molar-refractivity contribution in [1.82, 2.24) is 9.88 Å². The number of carbonyl (C=O) groups is 1. The first-order valence-corrected chi connectivity index (χ1v) is 10.2. The zero-order valence-corrected chi connectivity index (χ0v) is 16.9. The molecule has 28 heavy (non-hydrogen) atoms. The second-order valence-corrected chi connectivity index (χ2v) is 8.05. The average Bonchev–Trinajstić information content (AvgIpc) is 3.16. The van der Waals surface area contributed by atoms with Gasteiger partial charge in [0.25, 0.3) is 5.91 Å². The summed E-state index contributed by atoms with van der Waals surface area (Å²) in [6, 6.07) is 16.3. The molecule has 4 rings (SSSR count). The standard InChI is InChI=1S/C22H23N3O2S/c1-24(2)10-11-25-19-13-17(8-9-20(19)27-14-22(25)26)18-15-28-21(23-18)12-16-6-4-3-5-7-16/h3-9,13,15H,10-12,14H2,1-2H3. The molecule has 0 saturated carbocycles. The maximum Gasteiger partial charge on any atom is 0.265 e. The van der Waals surface area contributed by atoms with E-state index in [4.69, 9.17) is 9.72 Å². The lowest BCUT2D eigenvalue weighted by molar-refractivity contribution is -0.121. The molecular weight excluding hydrogens is 370 g/mol. The third-order valence-corrected chi connectivity index (χ3v) is 5.57. The molecule has 0 fully saturated rings. The zero-order chi connectivity index (χ0) is 19.5. The van der Waals surface area contributed by atoms with Gasteiger partial charge < -0.3 is 14.5 Å². The van der Waals surface area contributed by atoms with E-state index < -0.39 is 0 Å². The second-order valence-electron chi connectivity index (χ2n) is 7.11. The molecule has 0 spiro atoms. The van der Waals surface area contributed by atoms with Gasteiger partial charge in [0.1, 0.15) is 5.75 Å². The molecule has 0 N–H and O–H groups in total. The van der Waals surface area contributed by atoms with Crippen LogP contribution in [0.25, 0.3) is 11.3 Å². The van der Waals surface area contributed by atoms with Crippen molar-refractivity contribution in [3.8, 4) is 17.0 Å². The fourth-order valence-electron chi connectivity index (χ4n) is 3.20. The van der Waals surface area contributed by atoms with Crippen LogP contribution in [-0.2, 0) is 11.2 Å². The summed E-state index contributed by atoms with van der Waals surface area (Å²) in [5.74, 6) is 0.747. The van der Waals surface area contributed by atoms with Crippen LogP contribution in [0, 0.1) is 0 Å². The number of thiazole rings is 1. The van der Waals surface area contributed by atoms with Gasteiger partial charge in [0.05, 0.1) is 16.4 Å². The molecule has 3 aromatic rings. The molecule has 0 saturated heterocycles. The second kappa shape index (κ2) is 8.12. The highest BCUT2D eigenvalue weighted by Gasteiger charge is 2.26. The molecule has 144 valence electrons. The van der Waals surface area contributed by atoms with Gasteiger partial charge in [0, 0.05) is 30.5 Å². The van der Waals surface area contributed by atoms with Crippen LogP contribution in [0.5, 0.6) is 5.75 Å². The number of amides is 1. The van der Waals surface area contributed by atoms with Crippen molar-refractivity contribution in [3.05, 3.63) is 64.5 Å². The van der Waals surface area contributed by atoms with Crippen molar-refractivity contribution in [2.75, 3.05) is 38.7 Å². The van der Waals surface area contributed by atoms with Gasteiger partial charge in [0.15, 0.2) is 6.61 Å². The van der Waals surface area contributed by atoms with E-state index in [0.717, 1.165) is 40.7 Å². The molecule has 0 atom stereocenters. The van der Waals surface area contributed by atoms with Gasteiger partial charge in [-0.25, -0.2) is 4.98 Å². The highest BCUT2D eigenvalue weighted by Crippen LogP contribution is 2.36. The van der Waals surface area contributed by atoms with Gasteiger partial charge in [0.2, 0.25) is 0 Å². The molecule has 1 aliphatic heterocycles. The van der Waals surface area contributed by atoms with Crippen molar-refractivity contribution >= 4 is 22.9 Å². The highest BCUT2D eigenvalue weighted by molar-refractivity contribution is 7.10. The third kappa shape index (κ3) is 4.08. The van der Waals surface area contributed by atoms with Gasteiger partial charge in [-0.15, -0.1) is 11.3 Å². The molecule has 2 aromatic carbocycles. The minimum absolute atomic E-state index is 0.00505. The molecule has 0 bridgehead atoms. The number of rotatable bonds is 6. The minimum atomic E-state index is -0.00505. The van der Waals surface area contributed by atoms with Crippen molar-refractivity contribution in [2.24, 2.45) is 0 Å². The first-order valence-electron chi connectivity index (χ1n) is 9.31. The molecule has 1 aliphatic rings. The van der Waals surface area contributed by atoms with Gasteiger partial charge in [-0.3, -0.25) is 4.79 Å². The number of likely N-dealkylation sites (N-methyl/N-ethyl adjacent to an activating group) is 1. The van der Waals surface area contributed by atoms with Gasteiger partial charge in [-0.1, -0.05) is 30.3 Å². The van der Waals surface area contributed by atoms with Crippen molar-refractivity contribution in [2.45, 2.75) is 6.42 Å². The number of anilines is 1. The summed E-state index contributed by atoms with van der Waals surface area (Å²) in [7, 11) is 4.01. The molecule has 6 heteroatoms. The average molecular weight is 394 g/mol. The predicted molar refractivity (Wildman–Crippen MR) is 113 cm³/mol. The Hall–Kier alpha value is -2.70. The number of fused-ring (bicyclic) bond motifs is 1. The molecule has 0 radical (unpaired) electrons. The van der Waals surface area contributed by atoms with E-state index in [2.05, 4.69) is 22.4 Å². The van der Waals surface area contributed by atoms with E-state index in [9.17, 15) is 4.79 Å². The Morgan fingerprint density at radius 2 is 2.00 bits per heavy atom. The topological polar surface area (TPSA) is 45.7 Å². The van der Waals surface area contributed by atoms with Crippen LogP contribution in [-0.4, -0.2) is 49.6 Å². The van der Waals surface area contributed by atoms with Crippen LogP contribution in [0.2, 0.25) is 0 Å². The van der Waals surface area contributed by atoms with Crippen molar-refractivity contribution in [3.63, 3.8) is 0 Å². The number of carbonyl (C=O) groups excluding carboxylic acids is 1. The van der Waals surface area contributed by atoms with Crippen LogP contribution in [0.1, 0.15) is 10.6 Å². The van der Waals surface area contributed by atoms with Crippen LogP contribution in [0.4, 0.5) is 5.69 Å². The first-order chi connectivity index (χ1) is 13.6. The molecule has 2 heterocycles. The molecule has 0 aliphatic carbocycles. The summed E-state index contributed by atoms with van der Waals surface area (Å²) in [6.07, 6.45) is 0.826. The molecule has 1 amide bonds. The summed E-state index contributed by atoms with van der Waals surface area (Å²) in [6.45, 7) is 1.53. The maximum atomic E-state index is 12.4. The minimum Gasteiger partial charge on any atom is -0.482 e. The normalized spacial score (nSPS) is 13.5. The summed E-state index contributed by atoms with van der Waals surface area (Å²) in [5.41, 5.74) is 4.02. The van der Waals surface area contributed by atoms with Gasteiger partial charge >= 0.3 is 0 Å². The van der Waals surface area contributed by atoms with E-state index in [1.165, 1.54) is 5.56 Å². The number of hydrogen-bond acceptors (Lipinski definition) is 5. The van der Waals surface area contributed by atoms with E-state index in [0.29, 0.717) is 6.54 Å². The highest BCUT2D eigenvalue weighted by atomic mass is 32.1. The fraction of sp³-hybridized carbons (Fsp3) is 0.273. The maximum absolute atomic E-state index is 12.4. The van der Waals surface area contributed by atoms with E-state index >= 15 is 0 Å². The van der Waals surface area contributed by atoms with Crippen molar-refractivity contribution in [1.29, 1.82) is 0 Å². The van der Waals surface area contributed by atoms with Gasteiger partial charge in [-0.05, 0) is 37.9 Å². The Morgan fingerprint density at radius 3 is 2.79 bits per heavy atom. The van der Waals surface area contributed by atoms with Crippen LogP contribution >= 0.6 is 11.3 Å². The monoisotopic (exact) mass is 393 g/mol. The summed E-state index contributed by atoms with van der Waals surface area (Å²) < 4.78 is 5.63. The first kappa shape index (κ1) is 18.7. The number of benzene rings is 2. The molecule has 0 unspecified atom stereocenters. The van der Waals surface area contributed by atoms with Crippen molar-refractivity contribution < 1.29 is 9.53 Å². The molecule has 1 aromatic heterocycles. The Labute approximate surface area is 169 Å². The third-order valence-electron chi connectivity index (χ3n) is 4.72. The smallest absolute Gasteiger partial charge is 0.265 e. The number of nitrogens with zero attached hydrogens (tertiary/aromatic N) is 3. The van der Waals surface area contributed by atoms with Crippen LogP contribution in [0.3, 0.4) is 0 Å². The predicted octanol–water partition coefficient (Wildman–Crippen LogP) is 3.69. The Balaban J connectivity index is 1.59. The lowest BCUT2D eigenvalue weighted by Crippen LogP contribution is -2.42. The van der Waals surface area contributed by atoms with E-state index in [-0.39, 0.29) is 12.5 Å². The largest absolute Gasteiger partial charge is 0.482 e. The summed E-state index contributed by atoms with van der Waals surface area (Å²) in [5, 5.41) is 3.16. The van der Waals surface area contributed by atoms with E-state index in [1.54, 1.807) is 11.3 Å². The SMILES string of the molecule is CN(C)CCN1C(=O)COc2ccc(-c3csc(Cc4ccccc4)n3)cc21.